The fourth-order valence-electron chi connectivity index (χ4n) is 7.50. The Hall–Kier alpha value is -6.17. The summed E-state index contributed by atoms with van der Waals surface area (Å²) in [6, 6.07) is 49.0. The van der Waals surface area contributed by atoms with E-state index in [0.717, 1.165) is 38.6 Å². The summed E-state index contributed by atoms with van der Waals surface area (Å²) in [5.41, 5.74) is 9.70. The molecule has 0 saturated heterocycles. The summed E-state index contributed by atoms with van der Waals surface area (Å²) in [7, 11) is 0. The Balaban J connectivity index is 1.15. The lowest BCUT2D eigenvalue weighted by Crippen LogP contribution is -2.00. The Kier molecular flexibility index (Phi) is 5.23. The van der Waals surface area contributed by atoms with Crippen molar-refractivity contribution in [2.75, 3.05) is 0 Å². The standard InChI is InChI=1S/C43H23N3OS/c1-2-9-25(10-3-1)41-44-42(26-19-20-28-27-13-4-5-17-35(27)47-36(28)21-26)46-43(45-41)31-16-8-18-37-40(31)34-22-32-29-14-6-11-24-12-7-15-30(39(24)29)33(32)23-38(34)48-37/h1-23H. The highest BCUT2D eigenvalue weighted by Crippen LogP contribution is 2.51. The molecule has 0 radical (unpaired) electrons. The van der Waals surface area contributed by atoms with Gasteiger partial charge in [-0.2, -0.15) is 0 Å². The normalized spacial score (nSPS) is 12.2. The molecule has 3 aromatic heterocycles. The molecule has 1 aliphatic rings. The maximum Gasteiger partial charge on any atom is 0.164 e. The molecule has 0 aliphatic heterocycles. The Labute approximate surface area is 278 Å². The van der Waals surface area contributed by atoms with Gasteiger partial charge in [-0.25, -0.2) is 15.0 Å². The topological polar surface area (TPSA) is 51.8 Å². The minimum atomic E-state index is 0.612. The van der Waals surface area contributed by atoms with Crippen molar-refractivity contribution in [3.8, 4) is 56.4 Å². The number of nitrogens with zero attached hydrogens (tertiary/aromatic N) is 3. The van der Waals surface area contributed by atoms with Crippen molar-refractivity contribution < 1.29 is 4.42 Å². The van der Waals surface area contributed by atoms with E-state index in [1.165, 1.54) is 53.2 Å². The van der Waals surface area contributed by atoms with Crippen molar-refractivity contribution in [1.29, 1.82) is 0 Å². The first-order valence-corrected chi connectivity index (χ1v) is 16.8. The third-order valence-electron chi connectivity index (χ3n) is 9.67. The van der Waals surface area contributed by atoms with Crippen molar-refractivity contribution in [1.82, 2.24) is 15.0 Å². The monoisotopic (exact) mass is 629 g/mol. The Morgan fingerprint density at radius 2 is 1.08 bits per heavy atom. The van der Waals surface area contributed by atoms with E-state index >= 15 is 0 Å². The average molecular weight is 630 g/mol. The lowest BCUT2D eigenvalue weighted by molar-refractivity contribution is 0.669. The molecule has 11 rings (SSSR count). The average Bonchev–Trinajstić information content (AvgIpc) is 3.81. The van der Waals surface area contributed by atoms with Gasteiger partial charge in [-0.3, -0.25) is 0 Å². The van der Waals surface area contributed by atoms with Gasteiger partial charge in [0.1, 0.15) is 11.2 Å². The predicted octanol–water partition coefficient (Wildman–Crippen LogP) is 11.9. The largest absolute Gasteiger partial charge is 0.456 e. The van der Waals surface area contributed by atoms with Gasteiger partial charge in [-0.15, -0.1) is 11.3 Å². The molecule has 1 aliphatic carbocycles. The van der Waals surface area contributed by atoms with E-state index in [-0.39, 0.29) is 0 Å². The molecule has 0 bridgehead atoms. The van der Waals surface area contributed by atoms with Crippen LogP contribution in [0.5, 0.6) is 0 Å². The maximum atomic E-state index is 6.25. The number of aromatic nitrogens is 3. The van der Waals surface area contributed by atoms with E-state index in [2.05, 4.69) is 84.9 Å². The highest BCUT2D eigenvalue weighted by Gasteiger charge is 2.24. The van der Waals surface area contributed by atoms with E-state index in [4.69, 9.17) is 19.4 Å². The van der Waals surface area contributed by atoms with Gasteiger partial charge in [-0.1, -0.05) is 103 Å². The number of para-hydroxylation sites is 1. The van der Waals surface area contributed by atoms with Crippen molar-refractivity contribution in [2.24, 2.45) is 0 Å². The van der Waals surface area contributed by atoms with Gasteiger partial charge in [0.15, 0.2) is 17.5 Å². The fraction of sp³-hybridized carbons (Fsp3) is 0. The first-order valence-electron chi connectivity index (χ1n) is 16.0. The third kappa shape index (κ3) is 3.68. The molecule has 10 aromatic rings. The predicted molar refractivity (Wildman–Crippen MR) is 198 cm³/mol. The highest BCUT2D eigenvalue weighted by molar-refractivity contribution is 7.26. The smallest absolute Gasteiger partial charge is 0.164 e. The Bertz CT molecular complexity index is 2950. The first kappa shape index (κ1) is 26.0. The van der Waals surface area contributed by atoms with Crippen LogP contribution in [0.1, 0.15) is 0 Å². The number of hydrogen-bond donors (Lipinski definition) is 0. The van der Waals surface area contributed by atoms with Crippen LogP contribution < -0.4 is 0 Å². The van der Waals surface area contributed by atoms with E-state index in [0.29, 0.717) is 17.5 Å². The van der Waals surface area contributed by atoms with Gasteiger partial charge in [0, 0.05) is 47.6 Å². The molecule has 222 valence electrons. The second kappa shape index (κ2) is 9.67. The van der Waals surface area contributed by atoms with Crippen LogP contribution in [-0.2, 0) is 0 Å². The van der Waals surface area contributed by atoms with Crippen LogP contribution in [0.3, 0.4) is 0 Å². The number of benzene rings is 7. The number of fused-ring (bicyclic) bond motifs is 9. The van der Waals surface area contributed by atoms with Crippen LogP contribution in [-0.4, -0.2) is 15.0 Å². The molecule has 48 heavy (non-hydrogen) atoms. The number of rotatable bonds is 3. The van der Waals surface area contributed by atoms with Crippen LogP contribution in [0.2, 0.25) is 0 Å². The van der Waals surface area contributed by atoms with Crippen LogP contribution >= 0.6 is 11.3 Å². The summed E-state index contributed by atoms with van der Waals surface area (Å²) in [5, 5.41) is 7.19. The number of furan rings is 1. The summed E-state index contributed by atoms with van der Waals surface area (Å²) < 4.78 is 8.72. The summed E-state index contributed by atoms with van der Waals surface area (Å²) in [6.45, 7) is 0. The molecule has 0 atom stereocenters. The lowest BCUT2D eigenvalue weighted by Gasteiger charge is -2.10. The summed E-state index contributed by atoms with van der Waals surface area (Å²) in [6.07, 6.45) is 0. The van der Waals surface area contributed by atoms with Gasteiger partial charge in [0.25, 0.3) is 0 Å². The molecule has 0 saturated carbocycles. The maximum absolute atomic E-state index is 6.25. The van der Waals surface area contributed by atoms with Crippen LogP contribution in [0.25, 0.3) is 109 Å². The van der Waals surface area contributed by atoms with E-state index in [9.17, 15) is 0 Å². The minimum Gasteiger partial charge on any atom is -0.456 e. The zero-order chi connectivity index (χ0) is 31.3. The molecular weight excluding hydrogens is 607 g/mol. The number of thiophene rings is 1. The first-order chi connectivity index (χ1) is 23.8. The molecule has 7 aromatic carbocycles. The minimum absolute atomic E-state index is 0.612. The van der Waals surface area contributed by atoms with Gasteiger partial charge < -0.3 is 4.42 Å². The zero-order valence-corrected chi connectivity index (χ0v) is 26.3. The van der Waals surface area contributed by atoms with Crippen molar-refractivity contribution in [3.63, 3.8) is 0 Å². The molecule has 5 heteroatoms. The SMILES string of the molecule is c1ccc(-c2nc(-c3ccc4c(c3)oc3ccccc34)nc(-c3cccc4sc5cc6c(cc5c34)-c3cccc4cccc-6c34)n2)cc1. The summed E-state index contributed by atoms with van der Waals surface area (Å²) in [4.78, 5) is 15.3. The van der Waals surface area contributed by atoms with Crippen LogP contribution in [0.15, 0.2) is 144 Å². The van der Waals surface area contributed by atoms with Crippen LogP contribution in [0, 0.1) is 0 Å². The van der Waals surface area contributed by atoms with Crippen molar-refractivity contribution >= 4 is 64.2 Å². The van der Waals surface area contributed by atoms with E-state index in [1.54, 1.807) is 0 Å². The molecule has 0 unspecified atom stereocenters. The molecule has 0 fully saturated rings. The van der Waals surface area contributed by atoms with Gasteiger partial charge in [-0.05, 0) is 69.4 Å². The van der Waals surface area contributed by atoms with Crippen molar-refractivity contribution in [2.45, 2.75) is 0 Å². The van der Waals surface area contributed by atoms with Gasteiger partial charge in [0.2, 0.25) is 0 Å². The zero-order valence-electron chi connectivity index (χ0n) is 25.4. The summed E-state index contributed by atoms with van der Waals surface area (Å²) >= 11 is 1.83. The molecule has 3 heterocycles. The lowest BCUT2D eigenvalue weighted by atomic mass is 9.99. The molecule has 0 N–H and O–H groups in total. The molecule has 0 amide bonds. The van der Waals surface area contributed by atoms with Crippen LogP contribution in [0.4, 0.5) is 0 Å². The highest BCUT2D eigenvalue weighted by atomic mass is 32.1. The quantitative estimate of drug-likeness (QED) is 0.195. The van der Waals surface area contributed by atoms with E-state index < -0.39 is 0 Å². The second-order valence-electron chi connectivity index (χ2n) is 12.4. The Morgan fingerprint density at radius 1 is 0.396 bits per heavy atom. The second-order valence-corrected chi connectivity index (χ2v) is 13.4. The molecule has 4 nitrogen and oxygen atoms in total. The van der Waals surface area contributed by atoms with Gasteiger partial charge in [0.05, 0.1) is 0 Å². The summed E-state index contributed by atoms with van der Waals surface area (Å²) in [5.74, 6) is 1.90. The van der Waals surface area contributed by atoms with E-state index in [1.807, 2.05) is 65.9 Å². The fourth-order valence-corrected chi connectivity index (χ4v) is 8.65. The third-order valence-corrected chi connectivity index (χ3v) is 10.8. The van der Waals surface area contributed by atoms with Crippen molar-refractivity contribution in [3.05, 3.63) is 140 Å². The molecule has 0 spiro atoms. The Morgan fingerprint density at radius 3 is 1.94 bits per heavy atom. The van der Waals surface area contributed by atoms with Gasteiger partial charge >= 0.3 is 0 Å². The number of hydrogen-bond acceptors (Lipinski definition) is 5. The molecular formula is C43H23N3OS.